The van der Waals surface area contributed by atoms with Crippen molar-refractivity contribution in [3.05, 3.63) is 41.3 Å². The first-order valence-electron chi connectivity index (χ1n) is 3.93. The van der Waals surface area contributed by atoms with E-state index in [-0.39, 0.29) is 0 Å². The average molecular weight is 166 g/mol. The Bertz CT molecular complexity index is 234. The molecule has 0 unspecified atom stereocenters. The van der Waals surface area contributed by atoms with Gasteiger partial charge >= 0.3 is 0 Å². The smallest absolute Gasteiger partial charge is 0.0790 e. The lowest BCUT2D eigenvalue weighted by molar-refractivity contribution is 1.13. The largest absolute Gasteiger partial charge is 0.116 e. The van der Waals surface area contributed by atoms with Crippen molar-refractivity contribution in [2.45, 2.75) is 18.8 Å². The minimum atomic E-state index is 0.847. The number of hydrogen-bond acceptors (Lipinski definition) is 0. The van der Waals surface area contributed by atoms with Crippen molar-refractivity contribution in [3.8, 4) is 0 Å². The minimum absolute atomic E-state index is 0.847. The molecule has 1 heteroatoms. The maximum Gasteiger partial charge on any atom is 0.0790 e. The molecule has 0 nitrogen and oxygen atoms in total. The topological polar surface area (TPSA) is 0 Å². The fourth-order valence-electron chi connectivity index (χ4n) is 1.26. The van der Waals surface area contributed by atoms with Crippen LogP contribution in [-0.4, -0.2) is 0 Å². The van der Waals surface area contributed by atoms with E-state index in [9.17, 15) is 0 Å². The highest BCUT2D eigenvalue weighted by atomic mass is 35.5. The third kappa shape index (κ3) is 1.57. The molecule has 1 aromatic carbocycles. The van der Waals surface area contributed by atoms with Gasteiger partial charge in [0.1, 0.15) is 0 Å². The fourth-order valence-corrected chi connectivity index (χ4v) is 1.40. The van der Waals surface area contributed by atoms with E-state index >= 15 is 0 Å². The summed E-state index contributed by atoms with van der Waals surface area (Å²) in [5.74, 6) is 2.45. The van der Waals surface area contributed by atoms with Gasteiger partial charge in [-0.05, 0) is 29.9 Å². The predicted octanol–water partition coefficient (Wildman–Crippen LogP) is 3.31. The molecule has 1 saturated carbocycles. The summed E-state index contributed by atoms with van der Waals surface area (Å²) in [6.45, 7) is 0. The molecule has 2 rings (SSSR count). The van der Waals surface area contributed by atoms with Crippen molar-refractivity contribution < 1.29 is 0 Å². The summed E-state index contributed by atoms with van der Waals surface area (Å²) in [7, 11) is 0. The van der Waals surface area contributed by atoms with Gasteiger partial charge in [0.2, 0.25) is 0 Å². The van der Waals surface area contributed by atoms with E-state index in [2.05, 4.69) is 24.3 Å². The maximum atomic E-state index is 5.55. The van der Waals surface area contributed by atoms with Gasteiger partial charge in [-0.2, -0.15) is 0 Å². The predicted molar refractivity (Wildman–Crippen MR) is 47.7 cm³/mol. The van der Waals surface area contributed by atoms with E-state index in [0.717, 1.165) is 11.5 Å². The van der Waals surface area contributed by atoms with Crippen LogP contribution in [0.2, 0.25) is 0 Å². The fraction of sp³-hybridized carbons (Fsp3) is 0.300. The Morgan fingerprint density at radius 3 is 2.27 bits per heavy atom. The second-order valence-corrected chi connectivity index (χ2v) is 3.27. The molecule has 0 amide bonds. The van der Waals surface area contributed by atoms with Crippen LogP contribution in [0.4, 0.5) is 0 Å². The highest BCUT2D eigenvalue weighted by molar-refractivity contribution is 6.25. The van der Waals surface area contributed by atoms with E-state index in [1.165, 1.54) is 18.4 Å². The second-order valence-electron chi connectivity index (χ2n) is 3.05. The van der Waals surface area contributed by atoms with Crippen molar-refractivity contribution >= 4 is 11.6 Å². The first-order valence-corrected chi connectivity index (χ1v) is 4.37. The van der Waals surface area contributed by atoms with Crippen LogP contribution in [0.3, 0.4) is 0 Å². The van der Waals surface area contributed by atoms with Crippen molar-refractivity contribution in [1.82, 2.24) is 0 Å². The van der Waals surface area contributed by atoms with E-state index in [1.807, 2.05) is 0 Å². The third-order valence-corrected chi connectivity index (χ3v) is 2.36. The molecular formula is C10H10Cl. The lowest BCUT2D eigenvalue weighted by Gasteiger charge is -1.97. The summed E-state index contributed by atoms with van der Waals surface area (Å²) in [6, 6.07) is 8.49. The van der Waals surface area contributed by atoms with Gasteiger partial charge in [-0.15, -0.1) is 11.6 Å². The Labute approximate surface area is 72.2 Å². The van der Waals surface area contributed by atoms with E-state index in [0.29, 0.717) is 0 Å². The molecule has 1 radical (unpaired) electrons. The number of rotatable bonds is 2. The highest BCUT2D eigenvalue weighted by Gasteiger charge is 2.22. The van der Waals surface area contributed by atoms with Crippen LogP contribution in [0.1, 0.15) is 29.9 Å². The second kappa shape index (κ2) is 2.86. The quantitative estimate of drug-likeness (QED) is 0.631. The Morgan fingerprint density at radius 1 is 1.18 bits per heavy atom. The van der Waals surface area contributed by atoms with Crippen LogP contribution in [0, 0.1) is 5.88 Å². The molecule has 1 aromatic rings. The Morgan fingerprint density at radius 2 is 1.82 bits per heavy atom. The molecule has 0 aromatic heterocycles. The summed E-state index contributed by atoms with van der Waals surface area (Å²) < 4.78 is 0. The Balaban J connectivity index is 2.19. The van der Waals surface area contributed by atoms with Gasteiger partial charge in [0, 0.05) is 0 Å². The normalized spacial score (nSPS) is 16.8. The molecule has 1 aliphatic rings. The van der Waals surface area contributed by atoms with Gasteiger partial charge in [0.25, 0.3) is 0 Å². The molecule has 1 fully saturated rings. The van der Waals surface area contributed by atoms with Crippen LogP contribution in [-0.2, 0) is 0 Å². The molecule has 0 atom stereocenters. The van der Waals surface area contributed by atoms with Crippen molar-refractivity contribution in [1.29, 1.82) is 0 Å². The van der Waals surface area contributed by atoms with Gasteiger partial charge in [-0.3, -0.25) is 0 Å². The maximum absolute atomic E-state index is 5.55. The van der Waals surface area contributed by atoms with Gasteiger partial charge in [0.05, 0.1) is 5.88 Å². The molecule has 0 saturated heterocycles. The van der Waals surface area contributed by atoms with Crippen molar-refractivity contribution in [2.24, 2.45) is 0 Å². The number of halogens is 1. The van der Waals surface area contributed by atoms with Gasteiger partial charge < -0.3 is 0 Å². The summed E-state index contributed by atoms with van der Waals surface area (Å²) in [5.41, 5.74) is 2.56. The molecule has 0 bridgehead atoms. The standard InChI is InChI=1S/C10H10Cl/c11-7-8-1-3-9(4-2-8)10-5-6-10/h1-4,7,10H,5-6H2. The van der Waals surface area contributed by atoms with Crippen LogP contribution in [0.25, 0.3) is 0 Å². The minimum Gasteiger partial charge on any atom is -0.116 e. The first-order chi connectivity index (χ1) is 5.40. The monoisotopic (exact) mass is 165 g/mol. The lowest BCUT2D eigenvalue weighted by Crippen LogP contribution is -1.79. The molecule has 0 aliphatic heterocycles. The number of benzene rings is 1. The molecule has 0 N–H and O–H groups in total. The zero-order valence-corrected chi connectivity index (χ0v) is 7.01. The Kier molecular flexibility index (Phi) is 1.87. The third-order valence-electron chi connectivity index (χ3n) is 2.11. The number of hydrogen-bond donors (Lipinski definition) is 0. The molecule has 0 heterocycles. The van der Waals surface area contributed by atoms with Gasteiger partial charge in [-0.25, -0.2) is 0 Å². The summed E-state index contributed by atoms with van der Waals surface area (Å²) in [4.78, 5) is 0. The first kappa shape index (κ1) is 7.17. The van der Waals surface area contributed by atoms with Gasteiger partial charge in [0.15, 0.2) is 0 Å². The summed E-state index contributed by atoms with van der Waals surface area (Å²) >= 11 is 5.55. The molecule has 57 valence electrons. The van der Waals surface area contributed by atoms with E-state index in [1.54, 1.807) is 5.88 Å². The zero-order valence-electron chi connectivity index (χ0n) is 6.26. The van der Waals surface area contributed by atoms with Crippen LogP contribution in [0.15, 0.2) is 24.3 Å². The average Bonchev–Trinajstić information content (AvgIpc) is 2.87. The molecular weight excluding hydrogens is 156 g/mol. The van der Waals surface area contributed by atoms with Crippen molar-refractivity contribution in [2.75, 3.05) is 0 Å². The lowest BCUT2D eigenvalue weighted by atomic mass is 10.1. The molecule has 11 heavy (non-hydrogen) atoms. The Hall–Kier alpha value is -0.490. The summed E-state index contributed by atoms with van der Waals surface area (Å²) in [6.07, 6.45) is 2.73. The van der Waals surface area contributed by atoms with Crippen LogP contribution < -0.4 is 0 Å². The molecule has 0 spiro atoms. The van der Waals surface area contributed by atoms with Crippen LogP contribution in [0.5, 0.6) is 0 Å². The summed E-state index contributed by atoms with van der Waals surface area (Å²) in [5, 5.41) is 0. The SMILES string of the molecule is Cl[CH]c1ccc(C2CC2)cc1. The van der Waals surface area contributed by atoms with E-state index in [4.69, 9.17) is 11.6 Å². The van der Waals surface area contributed by atoms with Gasteiger partial charge in [-0.1, -0.05) is 24.3 Å². The van der Waals surface area contributed by atoms with Crippen LogP contribution >= 0.6 is 11.6 Å². The van der Waals surface area contributed by atoms with E-state index < -0.39 is 0 Å². The zero-order chi connectivity index (χ0) is 7.68. The highest BCUT2D eigenvalue weighted by Crippen LogP contribution is 2.39. The molecule has 1 aliphatic carbocycles. The van der Waals surface area contributed by atoms with Crippen molar-refractivity contribution in [3.63, 3.8) is 0 Å².